The number of carbonyl (C=O) groups excluding carboxylic acids is 1. The Labute approximate surface area is 151 Å². The van der Waals surface area contributed by atoms with E-state index in [1.165, 1.54) is 12.1 Å². The van der Waals surface area contributed by atoms with Crippen molar-refractivity contribution in [2.24, 2.45) is 11.3 Å². The molecule has 1 aliphatic heterocycles. The molecule has 3 N–H and O–H groups in total. The summed E-state index contributed by atoms with van der Waals surface area (Å²) in [4.78, 5) is 22.2. The number of nitro benzene ring substituents is 1. The summed E-state index contributed by atoms with van der Waals surface area (Å²) in [5.74, 6) is 0.0253. The van der Waals surface area contributed by atoms with Gasteiger partial charge in [0.1, 0.15) is 0 Å². The zero-order valence-electron chi connectivity index (χ0n) is 14.2. The van der Waals surface area contributed by atoms with Crippen LogP contribution in [0.5, 0.6) is 0 Å². The van der Waals surface area contributed by atoms with Gasteiger partial charge in [-0.3, -0.25) is 14.9 Å². The zero-order valence-corrected chi connectivity index (χ0v) is 15.0. The van der Waals surface area contributed by atoms with E-state index in [9.17, 15) is 23.3 Å². The van der Waals surface area contributed by atoms with Gasteiger partial charge in [0, 0.05) is 31.1 Å². The number of benzene rings is 1. The highest BCUT2D eigenvalue weighted by molar-refractivity contribution is 7.89. The topological polar surface area (TPSA) is 130 Å². The highest BCUT2D eigenvalue weighted by Gasteiger charge is 2.57. The van der Waals surface area contributed by atoms with E-state index in [2.05, 4.69) is 15.4 Å². The van der Waals surface area contributed by atoms with Crippen LogP contribution < -0.4 is 15.4 Å². The number of rotatable bonds is 7. The van der Waals surface area contributed by atoms with Crippen LogP contribution >= 0.6 is 0 Å². The van der Waals surface area contributed by atoms with E-state index in [4.69, 9.17) is 0 Å². The number of carbonyl (C=O) groups is 1. The van der Waals surface area contributed by atoms with Gasteiger partial charge in [0.25, 0.3) is 5.69 Å². The maximum Gasteiger partial charge on any atom is 0.269 e. The SMILES string of the molecule is O=C(NCCNS(=O)(=O)c1ccc([N+](=O)[O-])cc1)C1CC12CCNCC2. The number of nitro groups is 1. The van der Waals surface area contributed by atoms with Gasteiger partial charge < -0.3 is 10.6 Å². The minimum absolute atomic E-state index is 0.0126. The average Bonchev–Trinajstić information content (AvgIpc) is 3.32. The van der Waals surface area contributed by atoms with Crippen molar-refractivity contribution in [1.82, 2.24) is 15.4 Å². The maximum absolute atomic E-state index is 12.2. The fraction of sp³-hybridized carbons (Fsp3) is 0.562. The van der Waals surface area contributed by atoms with Crippen LogP contribution in [0.4, 0.5) is 5.69 Å². The first-order valence-electron chi connectivity index (χ1n) is 8.57. The fourth-order valence-corrected chi connectivity index (χ4v) is 4.55. The van der Waals surface area contributed by atoms with Crippen LogP contribution in [0.25, 0.3) is 0 Å². The second-order valence-electron chi connectivity index (χ2n) is 6.81. The number of sulfonamides is 1. The van der Waals surface area contributed by atoms with Crippen molar-refractivity contribution in [3.05, 3.63) is 34.4 Å². The first-order chi connectivity index (χ1) is 12.3. The van der Waals surface area contributed by atoms with Crippen LogP contribution in [0.1, 0.15) is 19.3 Å². The Morgan fingerprint density at radius 1 is 1.23 bits per heavy atom. The molecule has 142 valence electrons. The molecule has 0 radical (unpaired) electrons. The van der Waals surface area contributed by atoms with Gasteiger partial charge in [-0.05, 0) is 49.9 Å². The number of nitrogens with one attached hydrogen (secondary N) is 3. The van der Waals surface area contributed by atoms with Crippen LogP contribution in [0, 0.1) is 21.4 Å². The van der Waals surface area contributed by atoms with Crippen molar-refractivity contribution in [1.29, 1.82) is 0 Å². The van der Waals surface area contributed by atoms with Crippen LogP contribution in [0.2, 0.25) is 0 Å². The van der Waals surface area contributed by atoms with Crippen molar-refractivity contribution >= 4 is 21.6 Å². The predicted octanol–water partition coefficient (Wildman–Crippen LogP) is 0.379. The molecule has 10 heteroatoms. The van der Waals surface area contributed by atoms with Crippen LogP contribution in [-0.4, -0.2) is 45.4 Å². The van der Waals surface area contributed by atoms with Gasteiger partial charge in [0.2, 0.25) is 15.9 Å². The molecular weight excluding hydrogens is 360 g/mol. The average molecular weight is 382 g/mol. The highest BCUT2D eigenvalue weighted by Crippen LogP contribution is 2.58. The number of nitrogens with zero attached hydrogens (tertiary/aromatic N) is 1. The lowest BCUT2D eigenvalue weighted by molar-refractivity contribution is -0.384. The quantitative estimate of drug-likeness (QED) is 0.355. The van der Waals surface area contributed by atoms with Gasteiger partial charge >= 0.3 is 0 Å². The van der Waals surface area contributed by atoms with E-state index >= 15 is 0 Å². The molecule has 1 spiro atoms. The summed E-state index contributed by atoms with van der Waals surface area (Å²) in [6.07, 6.45) is 2.94. The lowest BCUT2D eigenvalue weighted by Gasteiger charge is -2.23. The molecule has 1 amide bonds. The molecule has 0 bridgehead atoms. The third-order valence-corrected chi connectivity index (χ3v) is 6.66. The van der Waals surface area contributed by atoms with Crippen LogP contribution in [-0.2, 0) is 14.8 Å². The number of hydrogen-bond donors (Lipinski definition) is 3. The summed E-state index contributed by atoms with van der Waals surface area (Å²) in [5.41, 5.74) is -0.0272. The number of non-ortho nitro benzene ring substituents is 1. The molecule has 26 heavy (non-hydrogen) atoms. The van der Waals surface area contributed by atoms with Crippen molar-refractivity contribution in [3.63, 3.8) is 0 Å². The van der Waals surface area contributed by atoms with Crippen molar-refractivity contribution < 1.29 is 18.1 Å². The van der Waals surface area contributed by atoms with Gasteiger partial charge in [-0.25, -0.2) is 13.1 Å². The Kier molecular flexibility index (Phi) is 5.26. The van der Waals surface area contributed by atoms with E-state index in [1.54, 1.807) is 0 Å². The Hall–Kier alpha value is -2.04. The van der Waals surface area contributed by atoms with Crippen molar-refractivity contribution in [3.8, 4) is 0 Å². The maximum atomic E-state index is 12.2. The Morgan fingerprint density at radius 3 is 2.50 bits per heavy atom. The molecule has 1 unspecified atom stereocenters. The van der Waals surface area contributed by atoms with E-state index in [0.717, 1.165) is 44.5 Å². The van der Waals surface area contributed by atoms with Gasteiger partial charge in [-0.1, -0.05) is 0 Å². The van der Waals surface area contributed by atoms with E-state index in [1.807, 2.05) is 0 Å². The molecule has 2 aliphatic rings. The molecule has 1 aromatic rings. The molecule has 1 atom stereocenters. The standard InChI is InChI=1S/C16H22N4O5S/c21-15(14-11-16(14)5-7-17-8-6-16)18-9-10-19-26(24,25)13-3-1-12(2-4-13)20(22)23/h1-4,14,17,19H,5-11H2,(H,18,21). The third-order valence-electron chi connectivity index (χ3n) is 5.18. The van der Waals surface area contributed by atoms with E-state index in [0.29, 0.717) is 0 Å². The van der Waals surface area contributed by atoms with Gasteiger partial charge in [-0.15, -0.1) is 0 Å². The number of hydrogen-bond acceptors (Lipinski definition) is 6. The van der Waals surface area contributed by atoms with Crippen LogP contribution in [0.15, 0.2) is 29.2 Å². The third kappa shape index (κ3) is 4.02. The Bertz CT molecular complexity index is 787. The Morgan fingerprint density at radius 2 is 1.88 bits per heavy atom. The minimum atomic E-state index is -3.76. The summed E-state index contributed by atoms with van der Waals surface area (Å²) in [5, 5.41) is 16.7. The summed E-state index contributed by atoms with van der Waals surface area (Å²) in [6.45, 7) is 2.15. The predicted molar refractivity (Wildman–Crippen MR) is 93.9 cm³/mol. The van der Waals surface area contributed by atoms with E-state index < -0.39 is 14.9 Å². The van der Waals surface area contributed by atoms with E-state index in [-0.39, 0.29) is 40.9 Å². The normalized spacial score (nSPS) is 21.3. The van der Waals surface area contributed by atoms with Gasteiger partial charge in [0.15, 0.2) is 0 Å². The van der Waals surface area contributed by atoms with Gasteiger partial charge in [-0.2, -0.15) is 0 Å². The molecule has 2 fully saturated rings. The first kappa shape index (κ1) is 18.7. The smallest absolute Gasteiger partial charge is 0.269 e. The second-order valence-corrected chi connectivity index (χ2v) is 8.58. The monoisotopic (exact) mass is 382 g/mol. The first-order valence-corrected chi connectivity index (χ1v) is 10.0. The summed E-state index contributed by atoms with van der Waals surface area (Å²) >= 11 is 0. The fourth-order valence-electron chi connectivity index (χ4n) is 3.52. The molecular formula is C16H22N4O5S. The highest BCUT2D eigenvalue weighted by atomic mass is 32.2. The molecule has 1 heterocycles. The lowest BCUT2D eigenvalue weighted by Crippen LogP contribution is -2.37. The zero-order chi connectivity index (χ0) is 18.8. The molecule has 0 aromatic heterocycles. The van der Waals surface area contributed by atoms with Crippen LogP contribution in [0.3, 0.4) is 0 Å². The summed E-state index contributed by atoms with van der Waals surface area (Å²) in [7, 11) is -3.76. The molecule has 1 saturated carbocycles. The molecule has 3 rings (SSSR count). The molecule has 1 aliphatic carbocycles. The van der Waals surface area contributed by atoms with Crippen molar-refractivity contribution in [2.75, 3.05) is 26.2 Å². The molecule has 9 nitrogen and oxygen atoms in total. The second kappa shape index (κ2) is 7.29. The molecule has 1 aromatic carbocycles. The van der Waals surface area contributed by atoms with Crippen molar-refractivity contribution in [2.45, 2.75) is 24.2 Å². The lowest BCUT2D eigenvalue weighted by atomic mass is 9.92. The number of piperidine rings is 1. The van der Waals surface area contributed by atoms with Gasteiger partial charge in [0.05, 0.1) is 9.82 Å². The minimum Gasteiger partial charge on any atom is -0.355 e. The summed E-state index contributed by atoms with van der Waals surface area (Å²) < 4.78 is 26.7. The molecule has 1 saturated heterocycles. The largest absolute Gasteiger partial charge is 0.355 e. The Balaban J connectivity index is 1.44. The number of amides is 1. The summed E-state index contributed by atoms with van der Waals surface area (Å²) in [6, 6.07) is 4.65.